The van der Waals surface area contributed by atoms with Crippen molar-refractivity contribution in [2.75, 3.05) is 17.1 Å². The van der Waals surface area contributed by atoms with E-state index in [0.29, 0.717) is 5.69 Å². The number of nitrogens with one attached hydrogen (secondary N) is 1. The zero-order valence-electron chi connectivity index (χ0n) is 7.98. The van der Waals surface area contributed by atoms with Crippen LogP contribution in [0.2, 0.25) is 0 Å². The second-order valence-corrected chi connectivity index (χ2v) is 6.10. The molecule has 0 heterocycles. The summed E-state index contributed by atoms with van der Waals surface area (Å²) in [5, 5.41) is 8.55. The number of halogens is 1. The maximum absolute atomic E-state index is 11.4. The van der Waals surface area contributed by atoms with Crippen LogP contribution in [0.4, 0.5) is 5.69 Å². The Morgan fingerprint density at radius 3 is 2.73 bits per heavy atom. The summed E-state index contributed by atoms with van der Waals surface area (Å²) in [6.45, 7) is -0.118. The summed E-state index contributed by atoms with van der Waals surface area (Å²) < 4.78 is 26.3. The first-order chi connectivity index (χ1) is 7.03. The number of anilines is 1. The fourth-order valence-electron chi connectivity index (χ4n) is 1.04. The van der Waals surface area contributed by atoms with Gasteiger partial charge >= 0.3 is 0 Å². The molecule has 0 amide bonds. The summed E-state index contributed by atoms with van der Waals surface area (Å²) in [6.07, 6.45) is 0.249. The first-order valence-corrected chi connectivity index (χ1v) is 7.13. The molecule has 0 bridgehead atoms. The van der Waals surface area contributed by atoms with Crippen LogP contribution in [0, 0.1) is 3.57 Å². The van der Waals surface area contributed by atoms with E-state index in [2.05, 4.69) is 27.3 Å². The summed E-state index contributed by atoms with van der Waals surface area (Å²) in [5.74, 6) is -0.0605. The third-order valence-electron chi connectivity index (χ3n) is 1.67. The fraction of sp³-hybridized carbons (Fsp3) is 0.333. The van der Waals surface area contributed by atoms with E-state index in [-0.39, 0.29) is 18.8 Å². The zero-order valence-corrected chi connectivity index (χ0v) is 11.0. The quantitative estimate of drug-likeness (QED) is 0.796. The Kier molecular flexibility index (Phi) is 4.81. The average molecular weight is 341 g/mol. The Morgan fingerprint density at radius 2 is 2.13 bits per heavy atom. The molecular formula is C9H12INO3S. The van der Waals surface area contributed by atoms with Gasteiger partial charge in [0.2, 0.25) is 10.0 Å². The van der Waals surface area contributed by atoms with Crippen molar-refractivity contribution >= 4 is 38.3 Å². The van der Waals surface area contributed by atoms with Crippen molar-refractivity contribution in [3.8, 4) is 0 Å². The number of rotatable bonds is 5. The highest BCUT2D eigenvalue weighted by Crippen LogP contribution is 2.14. The van der Waals surface area contributed by atoms with Gasteiger partial charge < -0.3 is 5.11 Å². The van der Waals surface area contributed by atoms with E-state index in [1.807, 2.05) is 6.07 Å². The molecule has 1 aromatic rings. The number of aliphatic hydroxyl groups is 1. The second-order valence-electron chi connectivity index (χ2n) is 3.01. The molecule has 2 N–H and O–H groups in total. The van der Waals surface area contributed by atoms with Crippen LogP contribution in [0.3, 0.4) is 0 Å². The van der Waals surface area contributed by atoms with Crippen molar-refractivity contribution in [1.82, 2.24) is 0 Å². The minimum Gasteiger partial charge on any atom is -0.396 e. The molecule has 0 aliphatic rings. The van der Waals surface area contributed by atoms with Gasteiger partial charge in [0.25, 0.3) is 0 Å². The van der Waals surface area contributed by atoms with E-state index in [1.54, 1.807) is 18.2 Å². The molecular weight excluding hydrogens is 329 g/mol. The first-order valence-electron chi connectivity index (χ1n) is 4.40. The largest absolute Gasteiger partial charge is 0.396 e. The van der Waals surface area contributed by atoms with Gasteiger partial charge in [-0.2, -0.15) is 0 Å². The minimum atomic E-state index is -3.33. The summed E-state index contributed by atoms with van der Waals surface area (Å²) in [5.41, 5.74) is 0.555. The lowest BCUT2D eigenvalue weighted by atomic mass is 10.3. The van der Waals surface area contributed by atoms with Crippen molar-refractivity contribution in [3.63, 3.8) is 0 Å². The van der Waals surface area contributed by atoms with Crippen LogP contribution in [-0.4, -0.2) is 25.9 Å². The van der Waals surface area contributed by atoms with Gasteiger partial charge in [-0.1, -0.05) is 6.07 Å². The molecule has 6 heteroatoms. The second kappa shape index (κ2) is 5.66. The third kappa shape index (κ3) is 4.80. The molecule has 0 radical (unpaired) electrons. The molecule has 0 aliphatic heterocycles. The molecule has 0 fully saturated rings. The maximum atomic E-state index is 11.4. The van der Waals surface area contributed by atoms with Crippen molar-refractivity contribution in [2.45, 2.75) is 6.42 Å². The monoisotopic (exact) mass is 341 g/mol. The van der Waals surface area contributed by atoms with Crippen LogP contribution in [0.15, 0.2) is 24.3 Å². The smallest absolute Gasteiger partial charge is 0.232 e. The molecule has 0 unspecified atom stereocenters. The summed E-state index contributed by atoms with van der Waals surface area (Å²) in [4.78, 5) is 0. The Labute approximate surface area is 103 Å². The molecule has 1 rings (SSSR count). The van der Waals surface area contributed by atoms with Gasteiger partial charge in [-0.15, -0.1) is 0 Å². The number of aliphatic hydroxyl groups excluding tert-OH is 1. The molecule has 0 aromatic heterocycles. The van der Waals surface area contributed by atoms with Crippen molar-refractivity contribution < 1.29 is 13.5 Å². The molecule has 0 saturated carbocycles. The van der Waals surface area contributed by atoms with E-state index < -0.39 is 10.0 Å². The molecule has 84 valence electrons. The maximum Gasteiger partial charge on any atom is 0.232 e. The fourth-order valence-corrected chi connectivity index (χ4v) is 2.68. The van der Waals surface area contributed by atoms with Crippen LogP contribution >= 0.6 is 22.6 Å². The van der Waals surface area contributed by atoms with Crippen LogP contribution in [0.5, 0.6) is 0 Å². The Bertz CT molecular complexity index is 419. The Balaban J connectivity index is 2.69. The lowest BCUT2D eigenvalue weighted by molar-refractivity contribution is 0.295. The molecule has 4 nitrogen and oxygen atoms in total. The van der Waals surface area contributed by atoms with Crippen LogP contribution in [0.1, 0.15) is 6.42 Å². The average Bonchev–Trinajstić information content (AvgIpc) is 2.14. The highest BCUT2D eigenvalue weighted by molar-refractivity contribution is 14.1. The van der Waals surface area contributed by atoms with Gasteiger partial charge in [0.1, 0.15) is 0 Å². The van der Waals surface area contributed by atoms with Gasteiger partial charge in [-0.3, -0.25) is 4.72 Å². The van der Waals surface area contributed by atoms with Crippen molar-refractivity contribution in [2.24, 2.45) is 0 Å². The Hall–Kier alpha value is -0.340. The predicted octanol–water partition coefficient (Wildman–Crippen LogP) is 1.42. The molecule has 1 aromatic carbocycles. The van der Waals surface area contributed by atoms with Crippen LogP contribution in [0.25, 0.3) is 0 Å². The molecule has 0 atom stereocenters. The molecule has 0 aliphatic carbocycles. The van der Waals surface area contributed by atoms with E-state index >= 15 is 0 Å². The first kappa shape index (κ1) is 12.7. The molecule has 0 spiro atoms. The molecule has 0 saturated heterocycles. The van der Waals surface area contributed by atoms with Crippen LogP contribution < -0.4 is 4.72 Å². The highest BCUT2D eigenvalue weighted by Gasteiger charge is 2.09. The lowest BCUT2D eigenvalue weighted by Gasteiger charge is -2.07. The van der Waals surface area contributed by atoms with Gasteiger partial charge in [0.05, 0.1) is 5.75 Å². The zero-order chi connectivity index (χ0) is 11.3. The van der Waals surface area contributed by atoms with E-state index in [1.165, 1.54) is 0 Å². The summed E-state index contributed by atoms with van der Waals surface area (Å²) in [6, 6.07) is 7.10. The van der Waals surface area contributed by atoms with Gasteiger partial charge in [0, 0.05) is 15.9 Å². The topological polar surface area (TPSA) is 66.4 Å². The third-order valence-corrected chi connectivity index (χ3v) is 3.71. The number of hydrogen-bond acceptors (Lipinski definition) is 3. The van der Waals surface area contributed by atoms with E-state index in [0.717, 1.165) is 3.57 Å². The highest BCUT2D eigenvalue weighted by atomic mass is 127. The number of hydrogen-bond donors (Lipinski definition) is 2. The SMILES string of the molecule is O=S(=O)(CCCO)Nc1cccc(I)c1. The summed E-state index contributed by atoms with van der Waals surface area (Å²) in [7, 11) is -3.33. The number of sulfonamides is 1. The van der Waals surface area contributed by atoms with Crippen LogP contribution in [-0.2, 0) is 10.0 Å². The predicted molar refractivity (Wildman–Crippen MR) is 68.3 cm³/mol. The van der Waals surface area contributed by atoms with Crippen molar-refractivity contribution in [1.29, 1.82) is 0 Å². The van der Waals surface area contributed by atoms with E-state index in [4.69, 9.17) is 5.11 Å². The molecule has 15 heavy (non-hydrogen) atoms. The number of benzene rings is 1. The van der Waals surface area contributed by atoms with Gasteiger partial charge in [-0.05, 0) is 47.2 Å². The Morgan fingerprint density at radius 1 is 1.40 bits per heavy atom. The summed E-state index contributed by atoms with van der Waals surface area (Å²) >= 11 is 2.11. The van der Waals surface area contributed by atoms with Crippen molar-refractivity contribution in [3.05, 3.63) is 27.8 Å². The van der Waals surface area contributed by atoms with Gasteiger partial charge in [0.15, 0.2) is 0 Å². The normalized spacial score (nSPS) is 11.3. The van der Waals surface area contributed by atoms with E-state index in [9.17, 15) is 8.42 Å². The minimum absolute atomic E-state index is 0.0605. The van der Waals surface area contributed by atoms with Gasteiger partial charge in [-0.25, -0.2) is 8.42 Å². The lowest BCUT2D eigenvalue weighted by Crippen LogP contribution is -2.17. The standard InChI is InChI=1S/C9H12INO3S/c10-8-3-1-4-9(7-8)11-15(13,14)6-2-5-12/h1,3-4,7,11-12H,2,5-6H2.